The van der Waals surface area contributed by atoms with Crippen molar-refractivity contribution in [3.05, 3.63) is 28.8 Å². The highest BCUT2D eigenvalue weighted by Crippen LogP contribution is 2.27. The SMILES string of the molecule is NC(CCC(=O)O)c1ccc(O)cc1Cl. The van der Waals surface area contributed by atoms with Crippen LogP contribution >= 0.6 is 11.6 Å². The lowest BCUT2D eigenvalue weighted by Gasteiger charge is -2.12. The summed E-state index contributed by atoms with van der Waals surface area (Å²) in [6.45, 7) is 0. The molecule has 0 aliphatic heterocycles. The second kappa shape index (κ2) is 5.00. The summed E-state index contributed by atoms with van der Waals surface area (Å²) in [6.07, 6.45) is 0.318. The molecule has 0 aromatic heterocycles. The first-order valence-corrected chi connectivity index (χ1v) is 4.84. The fraction of sp³-hybridized carbons (Fsp3) is 0.300. The number of hydrogen-bond donors (Lipinski definition) is 3. The van der Waals surface area contributed by atoms with Crippen LogP contribution < -0.4 is 5.73 Å². The van der Waals surface area contributed by atoms with E-state index in [1.165, 1.54) is 12.1 Å². The largest absolute Gasteiger partial charge is 0.508 e. The molecule has 1 aromatic rings. The average molecular weight is 230 g/mol. The van der Waals surface area contributed by atoms with Gasteiger partial charge in [-0.1, -0.05) is 17.7 Å². The van der Waals surface area contributed by atoms with Crippen LogP contribution in [0.3, 0.4) is 0 Å². The molecule has 1 aromatic carbocycles. The molecule has 1 atom stereocenters. The van der Waals surface area contributed by atoms with Gasteiger partial charge in [0.15, 0.2) is 0 Å². The number of rotatable bonds is 4. The van der Waals surface area contributed by atoms with Gasteiger partial charge in [-0.2, -0.15) is 0 Å². The summed E-state index contributed by atoms with van der Waals surface area (Å²) in [5.74, 6) is -0.825. The summed E-state index contributed by atoms with van der Waals surface area (Å²) < 4.78 is 0. The van der Waals surface area contributed by atoms with Crippen LogP contribution in [0.1, 0.15) is 24.4 Å². The summed E-state index contributed by atoms with van der Waals surface area (Å²) in [5.41, 5.74) is 6.41. The van der Waals surface area contributed by atoms with Gasteiger partial charge in [0.1, 0.15) is 5.75 Å². The van der Waals surface area contributed by atoms with E-state index >= 15 is 0 Å². The first-order chi connectivity index (χ1) is 7.00. The fourth-order valence-electron chi connectivity index (χ4n) is 1.25. The van der Waals surface area contributed by atoms with Crippen LogP contribution in [-0.2, 0) is 4.79 Å². The second-order valence-corrected chi connectivity index (χ2v) is 3.65. The molecule has 0 radical (unpaired) electrons. The van der Waals surface area contributed by atoms with Crippen molar-refractivity contribution in [3.63, 3.8) is 0 Å². The molecular weight excluding hydrogens is 218 g/mol. The van der Waals surface area contributed by atoms with Gasteiger partial charge in [0.2, 0.25) is 0 Å². The molecule has 1 unspecified atom stereocenters. The standard InChI is InChI=1S/C10H12ClNO3/c11-8-5-6(13)1-2-7(8)9(12)3-4-10(14)15/h1-2,5,9,13H,3-4,12H2,(H,14,15). The van der Waals surface area contributed by atoms with Crippen molar-refractivity contribution in [2.75, 3.05) is 0 Å². The summed E-state index contributed by atoms with van der Waals surface area (Å²) in [6, 6.07) is 4.04. The third kappa shape index (κ3) is 3.42. The number of benzene rings is 1. The molecule has 1 rings (SSSR count). The zero-order valence-electron chi connectivity index (χ0n) is 7.98. The van der Waals surface area contributed by atoms with Crippen LogP contribution in [0.2, 0.25) is 5.02 Å². The Bertz CT molecular complexity index is 368. The van der Waals surface area contributed by atoms with Gasteiger partial charge in [-0.25, -0.2) is 0 Å². The van der Waals surface area contributed by atoms with Crippen molar-refractivity contribution in [2.45, 2.75) is 18.9 Å². The quantitative estimate of drug-likeness (QED) is 0.737. The highest BCUT2D eigenvalue weighted by molar-refractivity contribution is 6.31. The molecule has 0 aliphatic carbocycles. The highest BCUT2D eigenvalue weighted by atomic mass is 35.5. The third-order valence-corrected chi connectivity index (χ3v) is 2.38. The van der Waals surface area contributed by atoms with Gasteiger partial charge in [-0.3, -0.25) is 4.79 Å². The molecule has 82 valence electrons. The molecule has 4 N–H and O–H groups in total. The van der Waals surface area contributed by atoms with E-state index in [1.54, 1.807) is 6.07 Å². The van der Waals surface area contributed by atoms with Gasteiger partial charge in [0, 0.05) is 17.5 Å². The first kappa shape index (κ1) is 11.8. The second-order valence-electron chi connectivity index (χ2n) is 3.24. The van der Waals surface area contributed by atoms with Crippen LogP contribution in [0.15, 0.2) is 18.2 Å². The molecule has 5 heteroatoms. The van der Waals surface area contributed by atoms with Crippen LogP contribution in [0.5, 0.6) is 5.75 Å². The number of carbonyl (C=O) groups is 1. The number of hydrogen-bond acceptors (Lipinski definition) is 3. The molecule has 0 spiro atoms. The lowest BCUT2D eigenvalue weighted by molar-refractivity contribution is -0.137. The number of carboxylic acids is 1. The van der Waals surface area contributed by atoms with Crippen LogP contribution in [0.25, 0.3) is 0 Å². The maximum absolute atomic E-state index is 10.3. The maximum Gasteiger partial charge on any atom is 0.303 e. The van der Waals surface area contributed by atoms with Crippen molar-refractivity contribution in [1.29, 1.82) is 0 Å². The first-order valence-electron chi connectivity index (χ1n) is 4.46. The minimum Gasteiger partial charge on any atom is -0.508 e. The van der Waals surface area contributed by atoms with E-state index in [4.69, 9.17) is 27.5 Å². The van der Waals surface area contributed by atoms with Gasteiger partial charge in [0.05, 0.1) is 0 Å². The number of nitrogens with two attached hydrogens (primary N) is 1. The zero-order chi connectivity index (χ0) is 11.4. The molecule has 0 bridgehead atoms. The van der Waals surface area contributed by atoms with Gasteiger partial charge < -0.3 is 15.9 Å². The minimum absolute atomic E-state index is 0.00162. The van der Waals surface area contributed by atoms with Crippen molar-refractivity contribution in [2.24, 2.45) is 5.73 Å². The highest BCUT2D eigenvalue weighted by Gasteiger charge is 2.12. The Balaban J connectivity index is 2.73. The molecule has 15 heavy (non-hydrogen) atoms. The van der Waals surface area contributed by atoms with Crippen LogP contribution in [0.4, 0.5) is 0 Å². The summed E-state index contributed by atoms with van der Waals surface area (Å²) in [5, 5.41) is 18.0. The smallest absolute Gasteiger partial charge is 0.303 e. The molecule has 0 aliphatic rings. The Morgan fingerprint density at radius 2 is 2.20 bits per heavy atom. The van der Waals surface area contributed by atoms with E-state index in [0.717, 1.165) is 0 Å². The minimum atomic E-state index is -0.889. The normalized spacial score (nSPS) is 12.4. The van der Waals surface area contributed by atoms with E-state index in [9.17, 15) is 4.79 Å². The fourth-order valence-corrected chi connectivity index (χ4v) is 1.57. The Kier molecular flexibility index (Phi) is 3.94. The summed E-state index contributed by atoms with van der Waals surface area (Å²) in [7, 11) is 0. The molecular formula is C10H12ClNO3. The number of aromatic hydroxyl groups is 1. The van der Waals surface area contributed by atoms with Crippen LogP contribution in [0, 0.1) is 0 Å². The topological polar surface area (TPSA) is 83.6 Å². The van der Waals surface area contributed by atoms with E-state index < -0.39 is 12.0 Å². The number of phenols is 1. The van der Waals surface area contributed by atoms with Crippen molar-refractivity contribution >= 4 is 17.6 Å². The molecule has 0 amide bonds. The summed E-state index contributed by atoms with van der Waals surface area (Å²) in [4.78, 5) is 10.3. The Hall–Kier alpha value is -1.26. The van der Waals surface area contributed by atoms with Crippen molar-refractivity contribution < 1.29 is 15.0 Å². The van der Waals surface area contributed by atoms with Gasteiger partial charge >= 0.3 is 5.97 Å². The van der Waals surface area contributed by atoms with Gasteiger partial charge in [-0.15, -0.1) is 0 Å². The molecule has 0 saturated heterocycles. The zero-order valence-corrected chi connectivity index (χ0v) is 8.74. The van der Waals surface area contributed by atoms with Crippen LogP contribution in [-0.4, -0.2) is 16.2 Å². The lowest BCUT2D eigenvalue weighted by Crippen LogP contribution is -2.12. The Morgan fingerprint density at radius 1 is 1.53 bits per heavy atom. The Morgan fingerprint density at radius 3 is 2.73 bits per heavy atom. The maximum atomic E-state index is 10.3. The van der Waals surface area contributed by atoms with Crippen molar-refractivity contribution in [1.82, 2.24) is 0 Å². The van der Waals surface area contributed by atoms with Gasteiger partial charge in [-0.05, 0) is 24.1 Å². The summed E-state index contributed by atoms with van der Waals surface area (Å²) >= 11 is 5.85. The van der Waals surface area contributed by atoms with E-state index in [-0.39, 0.29) is 12.2 Å². The molecule has 0 fully saturated rings. The molecule has 0 heterocycles. The van der Waals surface area contributed by atoms with E-state index in [1.807, 2.05) is 0 Å². The molecule has 4 nitrogen and oxygen atoms in total. The van der Waals surface area contributed by atoms with E-state index in [0.29, 0.717) is 17.0 Å². The predicted molar refractivity (Wildman–Crippen MR) is 56.9 cm³/mol. The Labute approximate surface area is 92.3 Å². The molecule has 0 saturated carbocycles. The van der Waals surface area contributed by atoms with Crippen molar-refractivity contribution in [3.8, 4) is 5.75 Å². The lowest BCUT2D eigenvalue weighted by atomic mass is 10.0. The van der Waals surface area contributed by atoms with E-state index in [2.05, 4.69) is 0 Å². The average Bonchev–Trinajstić information content (AvgIpc) is 2.14. The predicted octanol–water partition coefficient (Wildman–Crippen LogP) is 1.91. The third-order valence-electron chi connectivity index (χ3n) is 2.05. The number of phenolic OH excluding ortho intramolecular Hbond substituents is 1. The number of halogens is 1. The monoisotopic (exact) mass is 229 g/mol. The van der Waals surface area contributed by atoms with Gasteiger partial charge in [0.25, 0.3) is 0 Å². The number of carboxylic acid groups (broad SMARTS) is 1. The number of aliphatic carboxylic acids is 1.